The van der Waals surface area contributed by atoms with Gasteiger partial charge in [0.25, 0.3) is 0 Å². The molecule has 1 aromatic heterocycles. The van der Waals surface area contributed by atoms with Crippen molar-refractivity contribution in [3.63, 3.8) is 0 Å². The van der Waals surface area contributed by atoms with Crippen LogP contribution in [0.3, 0.4) is 0 Å². The van der Waals surface area contributed by atoms with Crippen molar-refractivity contribution in [2.75, 3.05) is 40.1 Å². The highest BCUT2D eigenvalue weighted by Crippen LogP contribution is 2.40. The Kier molecular flexibility index (Phi) is 8.18. The molecule has 0 bridgehead atoms. The molecule has 4 rings (SSSR count). The maximum atomic E-state index is 5.65. The van der Waals surface area contributed by atoms with Crippen LogP contribution in [0.1, 0.15) is 29.1 Å². The molecule has 2 aliphatic rings. The number of benzene rings is 1. The molecule has 0 amide bonds. The highest BCUT2D eigenvalue weighted by Gasteiger charge is 2.35. The fraction of sp³-hybridized carbons (Fsp3) is 0.524. The number of aryl methyl sites for hydroxylation is 1. The first kappa shape index (κ1) is 23.1. The van der Waals surface area contributed by atoms with Gasteiger partial charge in [0, 0.05) is 50.6 Å². The minimum absolute atomic E-state index is 0. The Hall–Kier alpha value is -1.59. The molecular weight excluding hydrogens is 515 g/mol. The van der Waals surface area contributed by atoms with Crippen LogP contribution in [-0.2, 0) is 16.6 Å². The Morgan fingerprint density at radius 1 is 1.20 bits per heavy atom. The Bertz CT molecular complexity index is 868. The van der Waals surface area contributed by atoms with E-state index in [-0.39, 0.29) is 29.4 Å². The summed E-state index contributed by atoms with van der Waals surface area (Å²) in [6.07, 6.45) is 2.79. The van der Waals surface area contributed by atoms with Crippen molar-refractivity contribution >= 4 is 41.3 Å². The molecule has 1 fully saturated rings. The summed E-state index contributed by atoms with van der Waals surface area (Å²) in [5.74, 6) is 2.46. The monoisotopic (exact) mass is 544 g/mol. The van der Waals surface area contributed by atoms with Crippen LogP contribution in [0.15, 0.2) is 28.6 Å². The number of ether oxygens (including phenoxy) is 3. The predicted molar refractivity (Wildman–Crippen MR) is 130 cm³/mol. The average molecular weight is 544 g/mol. The summed E-state index contributed by atoms with van der Waals surface area (Å²) in [4.78, 5) is 8.91. The summed E-state index contributed by atoms with van der Waals surface area (Å²) in [5, 5.41) is 10.2. The van der Waals surface area contributed by atoms with Crippen LogP contribution in [0.2, 0.25) is 0 Å². The molecule has 0 unspecified atom stereocenters. The zero-order valence-electron chi connectivity index (χ0n) is 17.4. The van der Waals surface area contributed by atoms with E-state index >= 15 is 0 Å². The predicted octanol–water partition coefficient (Wildman–Crippen LogP) is 3.25. The van der Waals surface area contributed by atoms with Crippen molar-refractivity contribution in [2.45, 2.75) is 31.6 Å². The highest BCUT2D eigenvalue weighted by atomic mass is 127. The number of hydrogen-bond donors (Lipinski definition) is 2. The number of aromatic nitrogens is 1. The van der Waals surface area contributed by atoms with E-state index in [1.165, 1.54) is 5.56 Å². The van der Waals surface area contributed by atoms with Crippen molar-refractivity contribution in [3.8, 4) is 11.5 Å². The molecule has 1 saturated heterocycles. The van der Waals surface area contributed by atoms with Crippen molar-refractivity contribution < 1.29 is 14.2 Å². The molecule has 0 saturated carbocycles. The lowest BCUT2D eigenvalue weighted by atomic mass is 9.74. The van der Waals surface area contributed by atoms with Crippen LogP contribution in [0.5, 0.6) is 11.5 Å². The fourth-order valence-corrected chi connectivity index (χ4v) is 4.51. The number of guanidine groups is 1. The minimum atomic E-state index is -0.0249. The third kappa shape index (κ3) is 5.36. The number of hydrogen-bond acceptors (Lipinski definition) is 6. The van der Waals surface area contributed by atoms with Crippen molar-refractivity contribution in [1.82, 2.24) is 15.6 Å². The molecule has 3 heterocycles. The van der Waals surface area contributed by atoms with E-state index in [1.54, 1.807) is 18.4 Å². The van der Waals surface area contributed by atoms with E-state index < -0.39 is 0 Å². The summed E-state index contributed by atoms with van der Waals surface area (Å²) in [5.41, 5.74) is 2.35. The second kappa shape index (κ2) is 10.6. The van der Waals surface area contributed by atoms with Crippen molar-refractivity contribution in [2.24, 2.45) is 4.99 Å². The van der Waals surface area contributed by atoms with Gasteiger partial charge in [0.05, 0.1) is 10.7 Å². The van der Waals surface area contributed by atoms with Gasteiger partial charge in [0.2, 0.25) is 6.79 Å². The maximum absolute atomic E-state index is 5.65. The second-order valence-corrected chi connectivity index (χ2v) is 8.48. The molecule has 30 heavy (non-hydrogen) atoms. The topological polar surface area (TPSA) is 77.0 Å². The first-order valence-corrected chi connectivity index (χ1v) is 10.9. The number of thiazole rings is 1. The molecule has 1 aromatic carbocycles. The Morgan fingerprint density at radius 3 is 2.73 bits per heavy atom. The van der Waals surface area contributed by atoms with Crippen LogP contribution < -0.4 is 20.1 Å². The zero-order chi connectivity index (χ0) is 20.1. The SMILES string of the molecule is CN=C(NCCc1csc(C)n1)NCC1(c2ccc3c(c2)OCO3)CCOCC1.I. The lowest BCUT2D eigenvalue weighted by Crippen LogP contribution is -2.48. The van der Waals surface area contributed by atoms with E-state index in [0.29, 0.717) is 6.79 Å². The van der Waals surface area contributed by atoms with Gasteiger partial charge in [-0.2, -0.15) is 0 Å². The molecule has 164 valence electrons. The van der Waals surface area contributed by atoms with Crippen LogP contribution in [0, 0.1) is 6.92 Å². The summed E-state index contributed by atoms with van der Waals surface area (Å²) < 4.78 is 16.7. The van der Waals surface area contributed by atoms with Gasteiger partial charge in [0.15, 0.2) is 17.5 Å². The summed E-state index contributed by atoms with van der Waals surface area (Å²) >= 11 is 1.69. The standard InChI is InChI=1S/C21H28N4O3S.HI/c1-15-25-17(12-29-15)5-8-23-20(22-2)24-13-21(6-9-26-10-7-21)16-3-4-18-19(11-16)28-14-27-18;/h3-4,11-12H,5-10,13-14H2,1-2H3,(H2,22,23,24);1H. The number of nitrogens with zero attached hydrogens (tertiary/aromatic N) is 2. The smallest absolute Gasteiger partial charge is 0.231 e. The molecule has 2 aromatic rings. The van der Waals surface area contributed by atoms with E-state index in [0.717, 1.165) is 73.7 Å². The van der Waals surface area contributed by atoms with Crippen molar-refractivity contribution in [1.29, 1.82) is 0 Å². The normalized spacial score (nSPS) is 17.3. The van der Waals surface area contributed by atoms with Gasteiger partial charge in [-0.3, -0.25) is 4.99 Å². The first-order chi connectivity index (χ1) is 14.2. The molecule has 0 radical (unpaired) electrons. The van der Waals surface area contributed by atoms with Gasteiger partial charge in [-0.05, 0) is 37.5 Å². The second-order valence-electron chi connectivity index (χ2n) is 7.42. The summed E-state index contributed by atoms with van der Waals surface area (Å²) in [7, 11) is 1.81. The average Bonchev–Trinajstić information content (AvgIpc) is 3.39. The number of aliphatic imine (C=N–C) groups is 1. The number of halogens is 1. The molecule has 2 N–H and O–H groups in total. The van der Waals surface area contributed by atoms with Crippen LogP contribution >= 0.6 is 35.3 Å². The Labute approximate surface area is 198 Å². The van der Waals surface area contributed by atoms with Crippen LogP contribution in [0.25, 0.3) is 0 Å². The third-order valence-electron chi connectivity index (χ3n) is 5.59. The zero-order valence-corrected chi connectivity index (χ0v) is 20.5. The van der Waals surface area contributed by atoms with Gasteiger partial charge in [-0.15, -0.1) is 35.3 Å². The van der Waals surface area contributed by atoms with E-state index in [9.17, 15) is 0 Å². The molecule has 2 aliphatic heterocycles. The highest BCUT2D eigenvalue weighted by molar-refractivity contribution is 14.0. The molecule has 9 heteroatoms. The largest absolute Gasteiger partial charge is 0.454 e. The van der Waals surface area contributed by atoms with E-state index in [1.807, 2.05) is 13.0 Å². The Balaban J connectivity index is 0.00000256. The molecule has 0 spiro atoms. The quantitative estimate of drug-likeness (QED) is 0.331. The van der Waals surface area contributed by atoms with Crippen LogP contribution in [-0.4, -0.2) is 51.1 Å². The number of rotatable bonds is 6. The van der Waals surface area contributed by atoms with E-state index in [4.69, 9.17) is 14.2 Å². The molecular formula is C21H29IN4O3S. The fourth-order valence-electron chi connectivity index (χ4n) is 3.86. The lowest BCUT2D eigenvalue weighted by molar-refractivity contribution is 0.0513. The molecule has 0 aliphatic carbocycles. The van der Waals surface area contributed by atoms with Gasteiger partial charge >= 0.3 is 0 Å². The van der Waals surface area contributed by atoms with Gasteiger partial charge < -0.3 is 24.8 Å². The van der Waals surface area contributed by atoms with E-state index in [2.05, 4.69) is 38.1 Å². The molecule has 0 atom stereocenters. The third-order valence-corrected chi connectivity index (χ3v) is 6.42. The van der Waals surface area contributed by atoms with Gasteiger partial charge in [0.1, 0.15) is 0 Å². The lowest BCUT2D eigenvalue weighted by Gasteiger charge is -2.38. The minimum Gasteiger partial charge on any atom is -0.454 e. The van der Waals surface area contributed by atoms with Crippen LogP contribution in [0.4, 0.5) is 0 Å². The number of nitrogens with one attached hydrogen (secondary N) is 2. The van der Waals surface area contributed by atoms with Gasteiger partial charge in [-0.25, -0.2) is 4.98 Å². The Morgan fingerprint density at radius 2 is 2.00 bits per heavy atom. The van der Waals surface area contributed by atoms with Gasteiger partial charge in [-0.1, -0.05) is 6.07 Å². The molecule has 7 nitrogen and oxygen atoms in total. The maximum Gasteiger partial charge on any atom is 0.231 e. The number of fused-ring (bicyclic) bond motifs is 1. The summed E-state index contributed by atoms with van der Waals surface area (Å²) in [6.45, 7) is 5.42. The van der Waals surface area contributed by atoms with Crippen molar-refractivity contribution in [3.05, 3.63) is 39.8 Å². The first-order valence-electron chi connectivity index (χ1n) is 10.0. The summed E-state index contributed by atoms with van der Waals surface area (Å²) in [6, 6.07) is 6.29.